The summed E-state index contributed by atoms with van der Waals surface area (Å²) in [5.41, 5.74) is 0.994. The van der Waals surface area contributed by atoms with E-state index in [0.29, 0.717) is 36.7 Å². The number of hydrazine groups is 1. The maximum Gasteiger partial charge on any atom is 0.336 e. The molecular weight excluding hydrogens is 260 g/mol. The van der Waals surface area contributed by atoms with E-state index in [9.17, 15) is 9.59 Å². The minimum absolute atomic E-state index is 0.231. The lowest BCUT2D eigenvalue weighted by Gasteiger charge is -2.27. The molecule has 1 aromatic rings. The summed E-state index contributed by atoms with van der Waals surface area (Å²) in [7, 11) is 0. The van der Waals surface area contributed by atoms with Crippen LogP contribution in [-0.4, -0.2) is 46.7 Å². The number of nitrogens with zero attached hydrogens (tertiary/aromatic N) is 3. The second-order valence-electron chi connectivity index (χ2n) is 4.84. The predicted molar refractivity (Wildman–Crippen MR) is 72.0 cm³/mol. The molecule has 0 bridgehead atoms. The molecule has 2 rings (SSSR count). The Bertz CT molecular complexity index is 492. The highest BCUT2D eigenvalue weighted by Crippen LogP contribution is 2.19. The molecule has 110 valence electrons. The van der Waals surface area contributed by atoms with Gasteiger partial charge in [-0.2, -0.15) is 0 Å². The van der Waals surface area contributed by atoms with Crippen molar-refractivity contribution in [3.63, 3.8) is 0 Å². The van der Waals surface area contributed by atoms with Gasteiger partial charge in [0.2, 0.25) is 0 Å². The summed E-state index contributed by atoms with van der Waals surface area (Å²) in [5.74, 6) is 0.249. The van der Waals surface area contributed by atoms with E-state index in [4.69, 9.17) is 4.52 Å². The van der Waals surface area contributed by atoms with E-state index in [2.05, 4.69) is 10.5 Å². The van der Waals surface area contributed by atoms with Gasteiger partial charge in [0.1, 0.15) is 11.3 Å². The van der Waals surface area contributed by atoms with Crippen LogP contribution >= 0.6 is 0 Å². The van der Waals surface area contributed by atoms with Gasteiger partial charge in [0, 0.05) is 19.6 Å². The van der Waals surface area contributed by atoms with Crippen LogP contribution in [0.5, 0.6) is 0 Å². The molecule has 0 unspecified atom stereocenters. The number of aryl methyl sites for hydroxylation is 2. The largest absolute Gasteiger partial charge is 0.361 e. The molecule has 1 aromatic heterocycles. The van der Waals surface area contributed by atoms with Gasteiger partial charge in [-0.1, -0.05) is 12.1 Å². The van der Waals surface area contributed by atoms with Gasteiger partial charge < -0.3 is 9.84 Å². The SMILES string of the molecule is CCCNC(=O)N1CCCN1C(=O)c1c(C)noc1C. The molecule has 1 aliphatic rings. The molecule has 1 fully saturated rings. The van der Waals surface area contributed by atoms with Crippen LogP contribution in [0, 0.1) is 13.8 Å². The van der Waals surface area contributed by atoms with Gasteiger partial charge >= 0.3 is 6.03 Å². The number of rotatable bonds is 3. The van der Waals surface area contributed by atoms with Crippen LogP contribution in [0.3, 0.4) is 0 Å². The monoisotopic (exact) mass is 280 g/mol. The van der Waals surface area contributed by atoms with Gasteiger partial charge in [-0.05, 0) is 26.7 Å². The molecule has 7 nitrogen and oxygen atoms in total. The Labute approximate surface area is 117 Å². The van der Waals surface area contributed by atoms with Crippen LogP contribution in [-0.2, 0) is 0 Å². The molecule has 1 N–H and O–H groups in total. The van der Waals surface area contributed by atoms with E-state index in [1.807, 2.05) is 6.92 Å². The highest BCUT2D eigenvalue weighted by molar-refractivity contribution is 5.97. The third-order valence-corrected chi connectivity index (χ3v) is 3.27. The van der Waals surface area contributed by atoms with Crippen LogP contribution in [0.1, 0.15) is 41.6 Å². The van der Waals surface area contributed by atoms with Crippen molar-refractivity contribution in [3.05, 3.63) is 17.0 Å². The highest BCUT2D eigenvalue weighted by atomic mass is 16.5. The smallest absolute Gasteiger partial charge is 0.336 e. The molecule has 3 amide bonds. The Morgan fingerprint density at radius 3 is 2.60 bits per heavy atom. The molecule has 20 heavy (non-hydrogen) atoms. The normalized spacial score (nSPS) is 14.8. The average molecular weight is 280 g/mol. The lowest BCUT2D eigenvalue weighted by atomic mass is 10.2. The zero-order valence-corrected chi connectivity index (χ0v) is 12.1. The average Bonchev–Trinajstić information content (AvgIpc) is 3.03. The van der Waals surface area contributed by atoms with Gasteiger partial charge in [-0.25, -0.2) is 14.8 Å². The minimum Gasteiger partial charge on any atom is -0.361 e. The molecule has 1 saturated heterocycles. The lowest BCUT2D eigenvalue weighted by Crippen LogP contribution is -2.49. The Hall–Kier alpha value is -2.05. The summed E-state index contributed by atoms with van der Waals surface area (Å²) >= 11 is 0. The summed E-state index contributed by atoms with van der Waals surface area (Å²) in [6, 6.07) is -0.232. The standard InChI is InChI=1S/C13H20N4O3/c1-4-6-14-13(19)17-8-5-7-16(17)12(18)11-9(2)15-20-10(11)3/h4-8H2,1-3H3,(H,14,19). The molecule has 0 aliphatic carbocycles. The lowest BCUT2D eigenvalue weighted by molar-refractivity contribution is 0.0374. The van der Waals surface area contributed by atoms with Crippen LogP contribution in [0.25, 0.3) is 0 Å². The number of nitrogens with one attached hydrogen (secondary N) is 1. The molecule has 0 aromatic carbocycles. The van der Waals surface area contributed by atoms with Crippen molar-refractivity contribution < 1.29 is 14.1 Å². The molecule has 0 saturated carbocycles. The summed E-state index contributed by atoms with van der Waals surface area (Å²) in [6.45, 7) is 7.08. The second-order valence-corrected chi connectivity index (χ2v) is 4.84. The number of urea groups is 1. The van der Waals surface area contributed by atoms with Crippen molar-refractivity contribution in [2.45, 2.75) is 33.6 Å². The molecule has 2 heterocycles. The molecule has 0 atom stereocenters. The first-order valence-electron chi connectivity index (χ1n) is 6.86. The van der Waals surface area contributed by atoms with E-state index in [-0.39, 0.29) is 11.9 Å². The summed E-state index contributed by atoms with van der Waals surface area (Å²) in [4.78, 5) is 24.6. The van der Waals surface area contributed by atoms with E-state index in [1.54, 1.807) is 13.8 Å². The van der Waals surface area contributed by atoms with Gasteiger partial charge in [-0.15, -0.1) is 0 Å². The third kappa shape index (κ3) is 2.61. The molecular formula is C13H20N4O3. The van der Waals surface area contributed by atoms with Crippen molar-refractivity contribution in [3.8, 4) is 0 Å². The zero-order valence-electron chi connectivity index (χ0n) is 12.1. The molecule has 1 aliphatic heterocycles. The second kappa shape index (κ2) is 5.94. The summed E-state index contributed by atoms with van der Waals surface area (Å²) < 4.78 is 5.02. The number of aromatic nitrogens is 1. The minimum atomic E-state index is -0.232. The van der Waals surface area contributed by atoms with E-state index < -0.39 is 0 Å². The van der Waals surface area contributed by atoms with Gasteiger partial charge in [0.05, 0.1) is 5.69 Å². The Morgan fingerprint density at radius 2 is 2.00 bits per heavy atom. The van der Waals surface area contributed by atoms with E-state index in [0.717, 1.165) is 12.8 Å². The van der Waals surface area contributed by atoms with Crippen LogP contribution < -0.4 is 5.32 Å². The fourth-order valence-electron chi connectivity index (χ4n) is 2.27. The van der Waals surface area contributed by atoms with Gasteiger partial charge in [0.15, 0.2) is 0 Å². The first kappa shape index (κ1) is 14.4. The first-order chi connectivity index (χ1) is 9.56. The maximum atomic E-state index is 12.5. The Balaban J connectivity index is 2.15. The van der Waals surface area contributed by atoms with Gasteiger partial charge in [-0.3, -0.25) is 4.79 Å². The highest BCUT2D eigenvalue weighted by Gasteiger charge is 2.33. The number of carbonyl (C=O) groups excluding carboxylic acids is 2. The van der Waals surface area contributed by atoms with Crippen LogP contribution in [0.4, 0.5) is 4.79 Å². The van der Waals surface area contributed by atoms with Crippen molar-refractivity contribution >= 4 is 11.9 Å². The summed E-state index contributed by atoms with van der Waals surface area (Å²) in [5, 5.41) is 9.51. The molecule has 0 spiro atoms. The maximum absolute atomic E-state index is 12.5. The fourth-order valence-corrected chi connectivity index (χ4v) is 2.27. The van der Waals surface area contributed by atoms with Crippen molar-refractivity contribution in [2.75, 3.05) is 19.6 Å². The number of hydrogen-bond acceptors (Lipinski definition) is 4. The van der Waals surface area contributed by atoms with Crippen LogP contribution in [0.2, 0.25) is 0 Å². The Morgan fingerprint density at radius 1 is 1.30 bits per heavy atom. The van der Waals surface area contributed by atoms with Crippen LogP contribution in [0.15, 0.2) is 4.52 Å². The van der Waals surface area contributed by atoms with E-state index >= 15 is 0 Å². The quantitative estimate of drug-likeness (QED) is 0.909. The number of hydrogen-bond donors (Lipinski definition) is 1. The van der Waals surface area contributed by atoms with Crippen molar-refractivity contribution in [2.24, 2.45) is 0 Å². The third-order valence-electron chi connectivity index (χ3n) is 3.27. The number of amides is 3. The predicted octanol–water partition coefficient (Wildman–Crippen LogP) is 1.47. The van der Waals surface area contributed by atoms with Gasteiger partial charge in [0.25, 0.3) is 5.91 Å². The number of carbonyl (C=O) groups is 2. The Kier molecular flexibility index (Phi) is 4.26. The molecule has 0 radical (unpaired) electrons. The summed E-state index contributed by atoms with van der Waals surface area (Å²) in [6.07, 6.45) is 1.63. The van der Waals surface area contributed by atoms with E-state index in [1.165, 1.54) is 10.0 Å². The van der Waals surface area contributed by atoms with Crippen molar-refractivity contribution in [1.82, 2.24) is 20.5 Å². The zero-order chi connectivity index (χ0) is 14.7. The fraction of sp³-hybridized carbons (Fsp3) is 0.615. The topological polar surface area (TPSA) is 78.7 Å². The molecule has 7 heteroatoms. The van der Waals surface area contributed by atoms with Crippen molar-refractivity contribution in [1.29, 1.82) is 0 Å². The first-order valence-corrected chi connectivity index (χ1v) is 6.86.